The van der Waals surface area contributed by atoms with Crippen molar-refractivity contribution in [3.63, 3.8) is 0 Å². The molecule has 1 unspecified atom stereocenters. The average molecular weight is 260 g/mol. The lowest BCUT2D eigenvalue weighted by Crippen LogP contribution is -2.25. The molecule has 4 heteroatoms. The van der Waals surface area contributed by atoms with Crippen molar-refractivity contribution < 1.29 is 8.76 Å². The van der Waals surface area contributed by atoms with Gasteiger partial charge in [-0.3, -0.25) is 4.21 Å². The molecule has 0 spiro atoms. The number of hydrogen-bond donors (Lipinski definition) is 1. The second-order valence-corrected chi connectivity index (χ2v) is 4.71. The van der Waals surface area contributed by atoms with Crippen LogP contribution in [0.3, 0.4) is 0 Å². The second-order valence-electron chi connectivity index (χ2n) is 4.01. The van der Waals surface area contributed by atoms with Crippen LogP contribution >= 0.6 is 0 Å². The highest BCUT2D eigenvalue weighted by molar-refractivity contribution is 7.77. The maximum Gasteiger partial charge on any atom is 0.0474 e. The number of rotatable bonds is 5. The van der Waals surface area contributed by atoms with Crippen molar-refractivity contribution in [2.45, 2.75) is 12.5 Å². The SMILES string of the molecule is O=S([O-])N[C@H](Cc1ccccc1)c1ccccc1. The molecule has 0 amide bonds. The molecule has 2 aromatic rings. The van der Waals surface area contributed by atoms with Crippen LogP contribution in [0.1, 0.15) is 17.2 Å². The fraction of sp³-hybridized carbons (Fsp3) is 0.143. The summed E-state index contributed by atoms with van der Waals surface area (Å²) < 4.78 is 24.3. The molecule has 0 aliphatic heterocycles. The topological polar surface area (TPSA) is 52.2 Å². The van der Waals surface area contributed by atoms with E-state index in [4.69, 9.17) is 0 Å². The molecular formula is C14H14NO2S-. The molecule has 2 rings (SSSR count). The average Bonchev–Trinajstić information content (AvgIpc) is 2.40. The van der Waals surface area contributed by atoms with Crippen LogP contribution in [0.25, 0.3) is 0 Å². The zero-order valence-corrected chi connectivity index (χ0v) is 10.6. The lowest BCUT2D eigenvalue weighted by Gasteiger charge is -2.20. The summed E-state index contributed by atoms with van der Waals surface area (Å²) >= 11 is -2.27. The molecule has 0 heterocycles. The van der Waals surface area contributed by atoms with Crippen molar-refractivity contribution in [1.29, 1.82) is 0 Å². The van der Waals surface area contributed by atoms with E-state index in [0.29, 0.717) is 6.42 Å². The molecule has 2 atom stereocenters. The summed E-state index contributed by atoms with van der Waals surface area (Å²) in [7, 11) is 0. The van der Waals surface area contributed by atoms with Crippen LogP contribution in [-0.4, -0.2) is 8.76 Å². The lowest BCUT2D eigenvalue weighted by molar-refractivity contribution is 0.504. The van der Waals surface area contributed by atoms with E-state index in [1.807, 2.05) is 60.7 Å². The molecule has 0 aliphatic carbocycles. The summed E-state index contributed by atoms with van der Waals surface area (Å²) in [5, 5.41) is 0. The summed E-state index contributed by atoms with van der Waals surface area (Å²) in [6.45, 7) is 0. The van der Waals surface area contributed by atoms with Gasteiger partial charge in [0.1, 0.15) is 0 Å². The molecule has 0 saturated heterocycles. The van der Waals surface area contributed by atoms with Gasteiger partial charge in [0.15, 0.2) is 0 Å². The maximum atomic E-state index is 10.9. The molecule has 1 N–H and O–H groups in total. The molecule has 0 radical (unpaired) electrons. The second kappa shape index (κ2) is 6.44. The summed E-state index contributed by atoms with van der Waals surface area (Å²) in [5.41, 5.74) is 2.06. The smallest absolute Gasteiger partial charge is 0.0474 e. The van der Waals surface area contributed by atoms with E-state index < -0.39 is 11.3 Å². The zero-order valence-electron chi connectivity index (χ0n) is 9.78. The number of nitrogens with one attached hydrogen (secondary N) is 1. The van der Waals surface area contributed by atoms with Crippen molar-refractivity contribution in [3.8, 4) is 0 Å². The van der Waals surface area contributed by atoms with E-state index >= 15 is 0 Å². The van der Waals surface area contributed by atoms with Crippen molar-refractivity contribution in [3.05, 3.63) is 71.8 Å². The van der Waals surface area contributed by atoms with E-state index in [1.165, 1.54) is 0 Å². The molecule has 0 fully saturated rings. The highest BCUT2D eigenvalue weighted by Crippen LogP contribution is 2.18. The Kier molecular flexibility index (Phi) is 4.64. The van der Waals surface area contributed by atoms with Crippen LogP contribution in [0.15, 0.2) is 60.7 Å². The first-order valence-corrected chi connectivity index (χ1v) is 6.77. The fourth-order valence-corrected chi connectivity index (χ4v) is 2.33. The third kappa shape index (κ3) is 3.77. The first-order chi connectivity index (χ1) is 8.75. The molecule has 0 bridgehead atoms. The van der Waals surface area contributed by atoms with Gasteiger partial charge >= 0.3 is 0 Å². The molecule has 18 heavy (non-hydrogen) atoms. The predicted molar refractivity (Wildman–Crippen MR) is 71.4 cm³/mol. The van der Waals surface area contributed by atoms with Gasteiger partial charge < -0.3 is 4.55 Å². The van der Waals surface area contributed by atoms with Gasteiger partial charge in [0.25, 0.3) is 0 Å². The highest BCUT2D eigenvalue weighted by Gasteiger charge is 2.11. The van der Waals surface area contributed by atoms with Gasteiger partial charge in [-0.05, 0) is 17.5 Å². The Morgan fingerprint density at radius 3 is 2.11 bits per heavy atom. The lowest BCUT2D eigenvalue weighted by atomic mass is 10.00. The van der Waals surface area contributed by atoms with Crippen LogP contribution in [0.4, 0.5) is 0 Å². The van der Waals surface area contributed by atoms with Crippen molar-refractivity contribution in [1.82, 2.24) is 4.72 Å². The molecule has 0 aliphatic rings. The quantitative estimate of drug-likeness (QED) is 0.839. The molecule has 94 valence electrons. The highest BCUT2D eigenvalue weighted by atomic mass is 32.2. The third-order valence-electron chi connectivity index (χ3n) is 2.72. The van der Waals surface area contributed by atoms with Crippen molar-refractivity contribution >= 4 is 11.3 Å². The van der Waals surface area contributed by atoms with Gasteiger partial charge in [0, 0.05) is 17.3 Å². The van der Waals surface area contributed by atoms with E-state index in [9.17, 15) is 8.76 Å². The van der Waals surface area contributed by atoms with E-state index in [1.54, 1.807) is 0 Å². The van der Waals surface area contributed by atoms with Crippen LogP contribution < -0.4 is 4.72 Å². The molecule has 3 nitrogen and oxygen atoms in total. The van der Waals surface area contributed by atoms with Crippen LogP contribution in [0, 0.1) is 0 Å². The normalized spacial score (nSPS) is 14.1. The van der Waals surface area contributed by atoms with Crippen LogP contribution in [0.2, 0.25) is 0 Å². The van der Waals surface area contributed by atoms with Gasteiger partial charge in [0.2, 0.25) is 0 Å². The third-order valence-corrected chi connectivity index (χ3v) is 3.20. The van der Waals surface area contributed by atoms with E-state index in [-0.39, 0.29) is 6.04 Å². The monoisotopic (exact) mass is 260 g/mol. The first kappa shape index (κ1) is 13.0. The summed E-state index contributed by atoms with van der Waals surface area (Å²) in [5.74, 6) is 0. The zero-order chi connectivity index (χ0) is 12.8. The maximum absolute atomic E-state index is 10.9. The van der Waals surface area contributed by atoms with E-state index in [2.05, 4.69) is 4.72 Å². The number of hydrogen-bond acceptors (Lipinski definition) is 2. The Morgan fingerprint density at radius 2 is 1.56 bits per heavy atom. The van der Waals surface area contributed by atoms with Gasteiger partial charge in [-0.15, -0.1) is 0 Å². The minimum atomic E-state index is -2.27. The summed E-state index contributed by atoms with van der Waals surface area (Å²) in [4.78, 5) is 0. The van der Waals surface area contributed by atoms with Gasteiger partial charge in [-0.25, -0.2) is 4.72 Å². The molecule has 0 aromatic heterocycles. The van der Waals surface area contributed by atoms with Crippen LogP contribution in [-0.2, 0) is 17.7 Å². The van der Waals surface area contributed by atoms with Crippen LogP contribution in [0.5, 0.6) is 0 Å². The van der Waals surface area contributed by atoms with Gasteiger partial charge in [-0.2, -0.15) is 0 Å². The van der Waals surface area contributed by atoms with Crippen molar-refractivity contribution in [2.24, 2.45) is 0 Å². The standard InChI is InChI=1S/C14H15NO2S/c16-18(17)15-14(13-9-5-2-6-10-13)11-12-7-3-1-4-8-12/h1-10,14-15H,11H2,(H,16,17)/p-1/t14-/m1/s1. The summed E-state index contributed by atoms with van der Waals surface area (Å²) in [6, 6.07) is 19.2. The molecule has 2 aromatic carbocycles. The van der Waals surface area contributed by atoms with Gasteiger partial charge in [-0.1, -0.05) is 60.7 Å². The minimum Gasteiger partial charge on any atom is -0.760 e. The minimum absolute atomic E-state index is 0.230. The Hall–Kier alpha value is -1.49. The van der Waals surface area contributed by atoms with Gasteiger partial charge in [0.05, 0.1) is 0 Å². The Labute approximate surface area is 109 Å². The largest absolute Gasteiger partial charge is 0.760 e. The molecule has 0 saturated carbocycles. The Bertz CT molecular complexity index is 502. The van der Waals surface area contributed by atoms with Crippen molar-refractivity contribution in [2.75, 3.05) is 0 Å². The molecular weight excluding hydrogens is 246 g/mol. The Balaban J connectivity index is 2.18. The predicted octanol–water partition coefficient (Wildman–Crippen LogP) is 2.35. The number of benzene rings is 2. The fourth-order valence-electron chi connectivity index (χ4n) is 1.88. The van der Waals surface area contributed by atoms with E-state index in [0.717, 1.165) is 11.1 Å². The first-order valence-electron chi connectivity index (χ1n) is 5.70. The summed E-state index contributed by atoms with van der Waals surface area (Å²) in [6.07, 6.45) is 0.638. The Morgan fingerprint density at radius 1 is 1.00 bits per heavy atom.